The zero-order valence-corrected chi connectivity index (χ0v) is 11.0. The minimum atomic E-state index is -1.09. The predicted octanol–water partition coefficient (Wildman–Crippen LogP) is -0.277. The number of nitrogens with zero attached hydrogens (tertiary/aromatic N) is 2. The van der Waals surface area contributed by atoms with E-state index in [1.54, 1.807) is 7.05 Å². The van der Waals surface area contributed by atoms with Crippen LogP contribution in [0.3, 0.4) is 0 Å². The molecule has 0 aromatic heterocycles. The second-order valence-corrected chi connectivity index (χ2v) is 5.25. The molecular weight excluding hydrogens is 250 g/mol. The summed E-state index contributed by atoms with van der Waals surface area (Å²) in [7, 11) is 1.66. The summed E-state index contributed by atoms with van der Waals surface area (Å²) in [5.74, 6) is -0.899. The lowest BCUT2D eigenvalue weighted by Gasteiger charge is -2.37. The molecule has 106 valence electrons. The Kier molecular flexibility index (Phi) is 3.92. The second-order valence-electron chi connectivity index (χ2n) is 5.25. The Balaban J connectivity index is 2.00. The second kappa shape index (κ2) is 5.46. The predicted molar refractivity (Wildman–Crippen MR) is 66.5 cm³/mol. The summed E-state index contributed by atoms with van der Waals surface area (Å²) in [6.45, 7) is 0.408. The highest BCUT2D eigenvalue weighted by atomic mass is 16.4. The largest absolute Gasteiger partial charge is 0.480 e. The van der Waals surface area contributed by atoms with E-state index in [-0.39, 0.29) is 25.0 Å². The molecule has 1 aliphatic heterocycles. The summed E-state index contributed by atoms with van der Waals surface area (Å²) in [4.78, 5) is 37.4. The van der Waals surface area contributed by atoms with Gasteiger partial charge in [0.25, 0.3) is 0 Å². The van der Waals surface area contributed by atoms with E-state index < -0.39 is 12.0 Å². The van der Waals surface area contributed by atoms with Crippen molar-refractivity contribution in [2.75, 3.05) is 26.7 Å². The number of hydrogen-bond donors (Lipinski definition) is 2. The molecule has 0 bridgehead atoms. The summed E-state index contributed by atoms with van der Waals surface area (Å²) >= 11 is 0. The van der Waals surface area contributed by atoms with Crippen LogP contribution in [0.25, 0.3) is 0 Å². The Morgan fingerprint density at radius 3 is 2.68 bits per heavy atom. The van der Waals surface area contributed by atoms with Crippen molar-refractivity contribution in [3.63, 3.8) is 0 Å². The molecule has 19 heavy (non-hydrogen) atoms. The summed E-state index contributed by atoms with van der Waals surface area (Å²) in [5.41, 5.74) is 0. The molecule has 1 saturated heterocycles. The number of rotatable bonds is 3. The fraction of sp³-hybridized carbons (Fsp3) is 0.750. The summed E-state index contributed by atoms with van der Waals surface area (Å²) < 4.78 is 0. The van der Waals surface area contributed by atoms with Crippen LogP contribution < -0.4 is 5.32 Å². The number of amides is 3. The molecular formula is C12H19N3O4. The molecule has 2 N–H and O–H groups in total. The first-order valence-corrected chi connectivity index (χ1v) is 6.50. The third kappa shape index (κ3) is 2.97. The van der Waals surface area contributed by atoms with E-state index in [1.165, 1.54) is 11.3 Å². The van der Waals surface area contributed by atoms with Gasteiger partial charge in [-0.3, -0.25) is 9.69 Å². The van der Waals surface area contributed by atoms with Crippen molar-refractivity contribution in [1.82, 2.24) is 15.1 Å². The summed E-state index contributed by atoms with van der Waals surface area (Å²) in [5, 5.41) is 11.6. The third-order valence-corrected chi connectivity index (χ3v) is 3.80. The monoisotopic (exact) mass is 269 g/mol. The molecule has 2 fully saturated rings. The van der Waals surface area contributed by atoms with Crippen LogP contribution in [0.15, 0.2) is 0 Å². The maximum absolute atomic E-state index is 12.2. The molecule has 1 atom stereocenters. The van der Waals surface area contributed by atoms with Crippen molar-refractivity contribution in [1.29, 1.82) is 0 Å². The van der Waals surface area contributed by atoms with Gasteiger partial charge in [0, 0.05) is 20.1 Å². The number of aliphatic carboxylic acids is 1. The molecule has 2 aliphatic rings. The van der Waals surface area contributed by atoms with Gasteiger partial charge in [-0.15, -0.1) is 0 Å². The molecule has 1 saturated carbocycles. The number of carbonyl (C=O) groups excluding carboxylic acids is 2. The molecule has 7 heteroatoms. The lowest BCUT2D eigenvalue weighted by molar-refractivity contribution is -0.144. The highest BCUT2D eigenvalue weighted by Gasteiger charge is 2.37. The first kappa shape index (κ1) is 13.6. The van der Waals surface area contributed by atoms with Crippen LogP contribution in [-0.4, -0.2) is 65.5 Å². The first-order valence-electron chi connectivity index (χ1n) is 6.50. The molecule has 1 unspecified atom stereocenters. The minimum Gasteiger partial charge on any atom is -0.480 e. The average Bonchev–Trinajstić information content (AvgIpc) is 2.32. The molecule has 0 aromatic carbocycles. The van der Waals surface area contributed by atoms with Crippen LogP contribution in [0.4, 0.5) is 4.79 Å². The van der Waals surface area contributed by atoms with Gasteiger partial charge in [-0.2, -0.15) is 0 Å². The number of hydrogen-bond acceptors (Lipinski definition) is 3. The van der Waals surface area contributed by atoms with Gasteiger partial charge in [-0.25, -0.2) is 9.59 Å². The van der Waals surface area contributed by atoms with Crippen LogP contribution >= 0.6 is 0 Å². The Bertz CT molecular complexity index is 394. The molecule has 1 heterocycles. The van der Waals surface area contributed by atoms with Gasteiger partial charge >= 0.3 is 12.0 Å². The number of urea groups is 1. The van der Waals surface area contributed by atoms with Gasteiger partial charge in [-0.1, -0.05) is 6.42 Å². The standard InChI is InChI=1S/C12H19N3O4/c1-14(6-8-3-2-4-8)12(19)15-7-10(16)13-5-9(15)11(17)18/h8-9H,2-7H2,1H3,(H,13,16)(H,17,18). The minimum absolute atomic E-state index is 0.0306. The molecule has 0 aromatic rings. The summed E-state index contributed by atoms with van der Waals surface area (Å²) in [6.07, 6.45) is 3.41. The van der Waals surface area contributed by atoms with E-state index in [9.17, 15) is 14.4 Å². The molecule has 0 spiro atoms. The quantitative estimate of drug-likeness (QED) is 0.737. The van der Waals surface area contributed by atoms with E-state index in [0.29, 0.717) is 12.5 Å². The Hall–Kier alpha value is -1.79. The smallest absolute Gasteiger partial charge is 0.328 e. The van der Waals surface area contributed by atoms with Crippen molar-refractivity contribution in [2.45, 2.75) is 25.3 Å². The van der Waals surface area contributed by atoms with Crippen molar-refractivity contribution < 1.29 is 19.5 Å². The van der Waals surface area contributed by atoms with Gasteiger partial charge < -0.3 is 15.3 Å². The molecule has 2 rings (SSSR count). The molecule has 0 radical (unpaired) electrons. The number of carboxylic acids is 1. The highest BCUT2D eigenvalue weighted by molar-refractivity contribution is 5.90. The van der Waals surface area contributed by atoms with E-state index in [1.807, 2.05) is 0 Å². The number of nitrogens with one attached hydrogen (secondary N) is 1. The van der Waals surface area contributed by atoms with Crippen molar-refractivity contribution in [3.05, 3.63) is 0 Å². The molecule has 3 amide bonds. The topological polar surface area (TPSA) is 90.0 Å². The van der Waals surface area contributed by atoms with Crippen molar-refractivity contribution in [3.8, 4) is 0 Å². The van der Waals surface area contributed by atoms with Gasteiger partial charge in [0.1, 0.15) is 12.6 Å². The van der Waals surface area contributed by atoms with E-state index in [2.05, 4.69) is 5.32 Å². The highest BCUT2D eigenvalue weighted by Crippen LogP contribution is 2.27. The van der Waals surface area contributed by atoms with Crippen LogP contribution in [0, 0.1) is 5.92 Å². The molecule has 1 aliphatic carbocycles. The lowest BCUT2D eigenvalue weighted by Crippen LogP contribution is -2.61. The van der Waals surface area contributed by atoms with Gasteiger partial charge in [0.2, 0.25) is 5.91 Å². The maximum Gasteiger partial charge on any atom is 0.328 e. The van der Waals surface area contributed by atoms with Crippen LogP contribution in [0.2, 0.25) is 0 Å². The van der Waals surface area contributed by atoms with Crippen molar-refractivity contribution >= 4 is 17.9 Å². The van der Waals surface area contributed by atoms with Crippen LogP contribution in [0.5, 0.6) is 0 Å². The number of carbonyl (C=O) groups is 3. The lowest BCUT2D eigenvalue weighted by atomic mass is 9.85. The van der Waals surface area contributed by atoms with Gasteiger partial charge in [0.05, 0.1) is 0 Å². The zero-order chi connectivity index (χ0) is 14.0. The van der Waals surface area contributed by atoms with Crippen LogP contribution in [0.1, 0.15) is 19.3 Å². The number of carboxylic acid groups (broad SMARTS) is 1. The Morgan fingerprint density at radius 2 is 2.16 bits per heavy atom. The number of piperazine rings is 1. The first-order chi connectivity index (χ1) is 8.99. The fourth-order valence-electron chi connectivity index (χ4n) is 2.42. The van der Waals surface area contributed by atoms with Crippen molar-refractivity contribution in [2.24, 2.45) is 5.92 Å². The average molecular weight is 269 g/mol. The summed E-state index contributed by atoms with van der Waals surface area (Å²) in [6, 6.07) is -1.36. The van der Waals surface area contributed by atoms with Crippen LogP contribution in [-0.2, 0) is 9.59 Å². The van der Waals surface area contributed by atoms with E-state index >= 15 is 0 Å². The van der Waals surface area contributed by atoms with Gasteiger partial charge in [-0.05, 0) is 18.8 Å². The Labute approximate surface area is 111 Å². The fourth-order valence-corrected chi connectivity index (χ4v) is 2.42. The molecule has 7 nitrogen and oxygen atoms in total. The van der Waals surface area contributed by atoms with E-state index in [4.69, 9.17) is 5.11 Å². The van der Waals surface area contributed by atoms with Gasteiger partial charge in [0.15, 0.2) is 0 Å². The normalized spacial score (nSPS) is 23.5. The SMILES string of the molecule is CN(CC1CCC1)C(=O)N1CC(=O)NCC1C(=O)O. The third-order valence-electron chi connectivity index (χ3n) is 3.80. The Morgan fingerprint density at radius 1 is 1.47 bits per heavy atom. The van der Waals surface area contributed by atoms with E-state index in [0.717, 1.165) is 17.7 Å². The zero-order valence-electron chi connectivity index (χ0n) is 11.0. The maximum atomic E-state index is 12.2.